The summed E-state index contributed by atoms with van der Waals surface area (Å²) in [5.74, 6) is -0.838. The topological polar surface area (TPSA) is 99.6 Å². The summed E-state index contributed by atoms with van der Waals surface area (Å²) >= 11 is 0. The van der Waals surface area contributed by atoms with E-state index in [9.17, 15) is 13.2 Å². The number of aliphatic carboxylic acids is 1. The number of hydrogen-bond acceptors (Lipinski definition) is 4. The molecule has 2 N–H and O–H groups in total. The van der Waals surface area contributed by atoms with Gasteiger partial charge < -0.3 is 5.11 Å². The van der Waals surface area contributed by atoms with E-state index in [-0.39, 0.29) is 13.0 Å². The molecule has 1 heterocycles. The Hall–Kier alpha value is -2.29. The zero-order valence-corrected chi connectivity index (χ0v) is 16.4. The molecule has 0 saturated carbocycles. The molecule has 0 bridgehead atoms. The highest BCUT2D eigenvalue weighted by atomic mass is 32.2. The van der Waals surface area contributed by atoms with Crippen LogP contribution in [0.1, 0.15) is 28.7 Å². The van der Waals surface area contributed by atoms with Crippen molar-refractivity contribution >= 4 is 16.2 Å². The van der Waals surface area contributed by atoms with Crippen LogP contribution in [-0.2, 0) is 34.3 Å². The quantitative estimate of drug-likeness (QED) is 0.641. The number of benzene rings is 1. The van der Waals surface area contributed by atoms with Crippen molar-refractivity contribution < 1.29 is 18.3 Å². The van der Waals surface area contributed by atoms with Gasteiger partial charge in [-0.25, -0.2) is 4.72 Å². The molecule has 27 heavy (non-hydrogen) atoms. The monoisotopic (exact) mass is 391 g/mol. The third-order valence-electron chi connectivity index (χ3n) is 4.08. The van der Waals surface area contributed by atoms with E-state index in [2.05, 4.69) is 9.71 Å². The van der Waals surface area contributed by atoms with E-state index in [0.29, 0.717) is 19.3 Å². The number of aromatic nitrogens is 1. The summed E-state index contributed by atoms with van der Waals surface area (Å²) in [6.45, 7) is 0.275. The predicted molar refractivity (Wildman–Crippen MR) is 104 cm³/mol. The van der Waals surface area contributed by atoms with Crippen LogP contribution in [0.5, 0.6) is 0 Å². The maximum Gasteiger partial charge on any atom is 0.303 e. The summed E-state index contributed by atoms with van der Waals surface area (Å²) in [6.07, 6.45) is 5.21. The van der Waals surface area contributed by atoms with Crippen LogP contribution in [0.25, 0.3) is 0 Å². The molecule has 2 aromatic rings. The lowest BCUT2D eigenvalue weighted by Crippen LogP contribution is -2.36. The first-order valence-electron chi connectivity index (χ1n) is 8.66. The van der Waals surface area contributed by atoms with Crippen molar-refractivity contribution in [3.63, 3.8) is 0 Å². The van der Waals surface area contributed by atoms with Gasteiger partial charge in [0, 0.05) is 39.5 Å². The van der Waals surface area contributed by atoms with E-state index >= 15 is 0 Å². The number of carboxylic acid groups (broad SMARTS) is 1. The fourth-order valence-corrected chi connectivity index (χ4v) is 3.29. The predicted octanol–water partition coefficient (Wildman–Crippen LogP) is 1.63. The summed E-state index contributed by atoms with van der Waals surface area (Å²) in [6, 6.07) is 9.87. The van der Waals surface area contributed by atoms with E-state index in [1.807, 2.05) is 30.3 Å². The minimum atomic E-state index is -3.46. The zero-order chi connectivity index (χ0) is 19.9. The second kappa shape index (κ2) is 9.59. The minimum Gasteiger partial charge on any atom is -0.481 e. The lowest BCUT2D eigenvalue weighted by atomic mass is 9.97. The molecule has 0 radical (unpaired) electrons. The molecule has 0 spiro atoms. The molecule has 0 saturated heterocycles. The Kier molecular flexibility index (Phi) is 7.46. The van der Waals surface area contributed by atoms with Gasteiger partial charge in [-0.1, -0.05) is 18.2 Å². The molecule has 0 amide bonds. The average molecular weight is 391 g/mol. The van der Waals surface area contributed by atoms with Crippen molar-refractivity contribution in [1.82, 2.24) is 14.0 Å². The van der Waals surface area contributed by atoms with E-state index in [1.165, 1.54) is 14.1 Å². The van der Waals surface area contributed by atoms with Gasteiger partial charge in [-0.3, -0.25) is 9.78 Å². The van der Waals surface area contributed by atoms with E-state index in [0.717, 1.165) is 26.6 Å². The first kappa shape index (κ1) is 21.0. The van der Waals surface area contributed by atoms with Crippen LogP contribution in [0, 0.1) is 0 Å². The molecular formula is C19H25N3O4S. The Bertz CT molecular complexity index is 868. The molecule has 0 fully saturated rings. The molecule has 8 heteroatoms. The normalized spacial score (nSPS) is 11.7. The molecule has 146 valence electrons. The minimum absolute atomic E-state index is 0.0609. The van der Waals surface area contributed by atoms with Crippen LogP contribution < -0.4 is 4.72 Å². The lowest BCUT2D eigenvalue weighted by Gasteiger charge is -2.13. The SMILES string of the molecule is CN(C)S(=O)(=O)NCCc1cc(CCC(=O)O)cc(Cc2ccncc2)c1. The molecule has 0 atom stereocenters. The number of rotatable bonds is 10. The van der Waals surface area contributed by atoms with Crippen molar-refractivity contribution in [3.05, 3.63) is 65.0 Å². The Morgan fingerprint density at radius 2 is 1.63 bits per heavy atom. The summed E-state index contributed by atoms with van der Waals surface area (Å²) in [5, 5.41) is 8.94. The van der Waals surface area contributed by atoms with Crippen LogP contribution in [0.3, 0.4) is 0 Å². The Morgan fingerprint density at radius 3 is 2.22 bits per heavy atom. The van der Waals surface area contributed by atoms with Crippen molar-refractivity contribution in [2.24, 2.45) is 0 Å². The smallest absolute Gasteiger partial charge is 0.303 e. The number of carboxylic acids is 1. The van der Waals surface area contributed by atoms with Gasteiger partial charge in [0.25, 0.3) is 10.2 Å². The number of hydrogen-bond donors (Lipinski definition) is 2. The van der Waals surface area contributed by atoms with Gasteiger partial charge in [-0.2, -0.15) is 12.7 Å². The molecule has 0 aliphatic carbocycles. The van der Waals surface area contributed by atoms with Gasteiger partial charge in [0.15, 0.2) is 0 Å². The molecule has 2 rings (SSSR count). The lowest BCUT2D eigenvalue weighted by molar-refractivity contribution is -0.136. The number of pyridine rings is 1. The van der Waals surface area contributed by atoms with Crippen molar-refractivity contribution in [1.29, 1.82) is 0 Å². The molecule has 1 aromatic carbocycles. The second-order valence-corrected chi connectivity index (χ2v) is 8.48. The highest BCUT2D eigenvalue weighted by Crippen LogP contribution is 2.16. The van der Waals surface area contributed by atoms with E-state index in [4.69, 9.17) is 5.11 Å². The molecule has 0 aliphatic rings. The second-order valence-electron chi connectivity index (χ2n) is 6.52. The number of nitrogens with zero attached hydrogens (tertiary/aromatic N) is 2. The third-order valence-corrected chi connectivity index (χ3v) is 5.61. The maximum absolute atomic E-state index is 11.8. The van der Waals surface area contributed by atoms with Crippen LogP contribution in [-0.4, -0.2) is 49.4 Å². The van der Waals surface area contributed by atoms with Gasteiger partial charge in [0.05, 0.1) is 0 Å². The van der Waals surface area contributed by atoms with Gasteiger partial charge >= 0.3 is 5.97 Å². The number of carbonyl (C=O) groups is 1. The molecular weight excluding hydrogens is 366 g/mol. The fourth-order valence-electron chi connectivity index (χ4n) is 2.67. The van der Waals surface area contributed by atoms with Crippen molar-refractivity contribution in [3.8, 4) is 0 Å². The van der Waals surface area contributed by atoms with Crippen molar-refractivity contribution in [2.45, 2.75) is 25.7 Å². The standard InChI is InChI=1S/C19H25N3O4S/c1-22(2)27(25,26)21-10-7-17-12-16(3-4-19(23)24)13-18(14-17)11-15-5-8-20-9-6-15/h5-6,8-9,12-14,21H,3-4,7,10-11H2,1-2H3,(H,23,24). The van der Waals surface area contributed by atoms with E-state index < -0.39 is 16.2 Å². The van der Waals surface area contributed by atoms with Crippen LogP contribution >= 0.6 is 0 Å². The van der Waals surface area contributed by atoms with Gasteiger partial charge in [-0.15, -0.1) is 0 Å². The first-order valence-corrected chi connectivity index (χ1v) is 10.1. The maximum atomic E-state index is 11.8. The largest absolute Gasteiger partial charge is 0.481 e. The molecule has 0 unspecified atom stereocenters. The zero-order valence-electron chi connectivity index (χ0n) is 15.6. The average Bonchev–Trinajstić information content (AvgIpc) is 2.60. The number of aryl methyl sites for hydroxylation is 1. The Labute approximate surface area is 160 Å². The molecule has 1 aromatic heterocycles. The van der Waals surface area contributed by atoms with Gasteiger partial charge in [-0.05, 0) is 53.6 Å². The van der Waals surface area contributed by atoms with Crippen LogP contribution in [0.15, 0.2) is 42.7 Å². The third kappa shape index (κ3) is 7.09. The fraction of sp³-hybridized carbons (Fsp3) is 0.368. The van der Waals surface area contributed by atoms with Crippen molar-refractivity contribution in [2.75, 3.05) is 20.6 Å². The highest BCUT2D eigenvalue weighted by Gasteiger charge is 2.12. The first-order chi connectivity index (χ1) is 12.8. The van der Waals surface area contributed by atoms with Crippen LogP contribution in [0.4, 0.5) is 0 Å². The number of nitrogens with one attached hydrogen (secondary N) is 1. The summed E-state index contributed by atoms with van der Waals surface area (Å²) in [7, 11) is -0.512. The Balaban J connectivity index is 2.15. The van der Waals surface area contributed by atoms with Crippen LogP contribution in [0.2, 0.25) is 0 Å². The summed E-state index contributed by atoms with van der Waals surface area (Å²) < 4.78 is 27.3. The molecule has 0 aliphatic heterocycles. The van der Waals surface area contributed by atoms with Gasteiger partial charge in [0.1, 0.15) is 0 Å². The highest BCUT2D eigenvalue weighted by molar-refractivity contribution is 7.87. The Morgan fingerprint density at radius 1 is 1.04 bits per heavy atom. The molecule has 7 nitrogen and oxygen atoms in total. The summed E-state index contributed by atoms with van der Waals surface area (Å²) in [4.78, 5) is 14.9. The van der Waals surface area contributed by atoms with E-state index in [1.54, 1.807) is 12.4 Å². The van der Waals surface area contributed by atoms with Gasteiger partial charge in [0.2, 0.25) is 0 Å². The summed E-state index contributed by atoms with van der Waals surface area (Å²) in [5.41, 5.74) is 4.09.